The van der Waals surface area contributed by atoms with Crippen LogP contribution in [0, 0.1) is 0 Å². The quantitative estimate of drug-likeness (QED) is 0.238. The molecule has 214 valence electrons. The van der Waals surface area contributed by atoms with Crippen LogP contribution in [-0.4, -0.2) is 38.6 Å². The van der Waals surface area contributed by atoms with Gasteiger partial charge in [-0.05, 0) is 42.5 Å². The number of halogens is 3. The Labute approximate surface area is 241 Å². The van der Waals surface area contributed by atoms with Crippen molar-refractivity contribution in [2.45, 2.75) is 56.7 Å². The number of nitrogens with zero attached hydrogens (tertiary/aromatic N) is 4. The molecule has 2 aromatic carbocycles. The van der Waals surface area contributed by atoms with Gasteiger partial charge in [0.15, 0.2) is 0 Å². The largest absolute Gasteiger partial charge is 0.573 e. The number of hydrogen-bond donors (Lipinski definition) is 2. The van der Waals surface area contributed by atoms with Gasteiger partial charge in [0.1, 0.15) is 15.8 Å². The minimum absolute atomic E-state index is 0.133. The highest BCUT2D eigenvalue weighted by molar-refractivity contribution is 7.15. The van der Waals surface area contributed by atoms with Crippen LogP contribution in [0.15, 0.2) is 54.6 Å². The highest BCUT2D eigenvalue weighted by Gasteiger charge is 2.31. The molecule has 1 saturated carbocycles. The van der Waals surface area contributed by atoms with Gasteiger partial charge in [-0.15, -0.1) is 33.6 Å². The van der Waals surface area contributed by atoms with E-state index < -0.39 is 12.3 Å². The van der Waals surface area contributed by atoms with E-state index in [1.54, 1.807) is 6.07 Å². The molecular formula is C27H25F3N6O3S2. The molecule has 2 unspecified atom stereocenters. The van der Waals surface area contributed by atoms with Crippen LogP contribution in [0.4, 0.5) is 23.4 Å². The van der Waals surface area contributed by atoms with Crippen molar-refractivity contribution in [2.24, 2.45) is 0 Å². The third-order valence-electron chi connectivity index (χ3n) is 6.45. The second kappa shape index (κ2) is 12.7. The minimum Gasteiger partial charge on any atom is -0.406 e. The van der Waals surface area contributed by atoms with Crippen LogP contribution < -0.4 is 15.4 Å². The van der Waals surface area contributed by atoms with E-state index in [0.29, 0.717) is 15.8 Å². The zero-order valence-electron chi connectivity index (χ0n) is 21.6. The van der Waals surface area contributed by atoms with Crippen molar-refractivity contribution in [3.05, 3.63) is 75.7 Å². The summed E-state index contributed by atoms with van der Waals surface area (Å²) < 4.78 is 41.3. The summed E-state index contributed by atoms with van der Waals surface area (Å²) >= 11 is 2.66. The minimum atomic E-state index is -4.81. The van der Waals surface area contributed by atoms with Gasteiger partial charge in [-0.1, -0.05) is 71.6 Å². The summed E-state index contributed by atoms with van der Waals surface area (Å²) in [7, 11) is 0. The first-order valence-corrected chi connectivity index (χ1v) is 14.5. The summed E-state index contributed by atoms with van der Waals surface area (Å²) in [4.78, 5) is 24.9. The molecular weight excluding hydrogens is 577 g/mol. The second-order valence-electron chi connectivity index (χ2n) is 9.58. The molecule has 2 heterocycles. The van der Waals surface area contributed by atoms with E-state index in [1.807, 2.05) is 30.3 Å². The molecule has 1 aliphatic rings. The topological polar surface area (TPSA) is 119 Å². The maximum Gasteiger partial charge on any atom is 0.573 e. The molecule has 2 atom stereocenters. The lowest BCUT2D eigenvalue weighted by Gasteiger charge is -2.25. The fourth-order valence-corrected chi connectivity index (χ4v) is 6.50. The molecule has 0 saturated heterocycles. The lowest BCUT2D eigenvalue weighted by Crippen LogP contribution is -2.17. The summed E-state index contributed by atoms with van der Waals surface area (Å²) in [6.45, 7) is 0. The second-order valence-corrected chi connectivity index (χ2v) is 11.6. The standard InChI is InChI=1S/C27H25F3N6O3S2/c28-27(29,30)39-20-11-4-8-17(12-20)14-22(38)32-26-36-34-24(41-26)19-10-5-9-18(15-19)23-33-35-25(40-23)31-21(37)13-16-6-2-1-3-7-16/h1-4,6-8,11-12,18-19H,5,9-10,13-15H2,(H,31,35,37)(H,32,36,38). The molecule has 2 N–H and O–H groups in total. The number of carbonyl (C=O) groups is 2. The molecule has 0 spiro atoms. The van der Waals surface area contributed by atoms with E-state index in [0.717, 1.165) is 41.3 Å². The summed E-state index contributed by atoms with van der Waals surface area (Å²) in [6, 6.07) is 14.8. The molecule has 0 radical (unpaired) electrons. The first kappa shape index (κ1) is 28.6. The lowest BCUT2D eigenvalue weighted by atomic mass is 9.82. The number of amides is 2. The summed E-state index contributed by atoms with van der Waals surface area (Å²) in [5.41, 5.74) is 1.29. The van der Waals surface area contributed by atoms with Crippen molar-refractivity contribution >= 4 is 44.8 Å². The molecule has 41 heavy (non-hydrogen) atoms. The van der Waals surface area contributed by atoms with Crippen LogP contribution >= 0.6 is 22.7 Å². The van der Waals surface area contributed by atoms with Crippen LogP contribution in [-0.2, 0) is 22.4 Å². The average molecular weight is 603 g/mol. The van der Waals surface area contributed by atoms with E-state index in [9.17, 15) is 22.8 Å². The Kier molecular flexibility index (Phi) is 8.88. The van der Waals surface area contributed by atoms with Crippen molar-refractivity contribution in [3.8, 4) is 5.75 Å². The zero-order valence-corrected chi connectivity index (χ0v) is 23.2. The monoisotopic (exact) mass is 602 g/mol. The maximum atomic E-state index is 12.5. The number of ether oxygens (including phenoxy) is 1. The third-order valence-corrected chi connectivity index (χ3v) is 8.45. The maximum absolute atomic E-state index is 12.5. The van der Waals surface area contributed by atoms with Crippen LogP contribution in [0.1, 0.15) is 58.7 Å². The number of alkyl halides is 3. The van der Waals surface area contributed by atoms with Crippen molar-refractivity contribution in [1.29, 1.82) is 0 Å². The van der Waals surface area contributed by atoms with Crippen LogP contribution in [0.3, 0.4) is 0 Å². The van der Waals surface area contributed by atoms with Gasteiger partial charge in [0.2, 0.25) is 22.1 Å². The zero-order chi connectivity index (χ0) is 28.8. The van der Waals surface area contributed by atoms with Gasteiger partial charge in [0.05, 0.1) is 12.8 Å². The highest BCUT2D eigenvalue weighted by Crippen LogP contribution is 2.43. The first-order valence-electron chi connectivity index (χ1n) is 12.9. The Morgan fingerprint density at radius 2 is 1.37 bits per heavy atom. The van der Waals surface area contributed by atoms with Gasteiger partial charge in [-0.2, -0.15) is 0 Å². The SMILES string of the molecule is O=C(Cc1ccccc1)Nc1nnc(C2CCCC(c3nnc(NC(=O)Cc4cccc(OC(F)(F)F)c4)s3)C2)s1. The number of rotatable bonds is 9. The van der Waals surface area contributed by atoms with Gasteiger partial charge < -0.3 is 15.4 Å². The van der Waals surface area contributed by atoms with Crippen molar-refractivity contribution in [2.75, 3.05) is 10.6 Å². The Hall–Kier alpha value is -3.91. The number of hydrogen-bond acceptors (Lipinski definition) is 9. The molecule has 2 aromatic heterocycles. The molecule has 2 amide bonds. The molecule has 14 heteroatoms. The summed E-state index contributed by atoms with van der Waals surface area (Å²) in [5.74, 6) is -0.655. The Morgan fingerprint density at radius 3 is 1.95 bits per heavy atom. The Balaban J connectivity index is 1.14. The van der Waals surface area contributed by atoms with Crippen molar-refractivity contribution in [1.82, 2.24) is 20.4 Å². The number of anilines is 2. The summed E-state index contributed by atoms with van der Waals surface area (Å²) in [6.07, 6.45) is -1.07. The average Bonchev–Trinajstić information content (AvgIpc) is 3.58. The fraction of sp³-hybridized carbons (Fsp3) is 0.333. The Morgan fingerprint density at radius 1 is 0.805 bits per heavy atom. The molecule has 5 rings (SSSR count). The van der Waals surface area contributed by atoms with Gasteiger partial charge in [0, 0.05) is 11.8 Å². The molecule has 9 nitrogen and oxygen atoms in total. The lowest BCUT2D eigenvalue weighted by molar-refractivity contribution is -0.274. The van der Waals surface area contributed by atoms with Crippen molar-refractivity contribution in [3.63, 3.8) is 0 Å². The highest BCUT2D eigenvalue weighted by atomic mass is 32.1. The van der Waals surface area contributed by atoms with E-state index in [4.69, 9.17) is 0 Å². The van der Waals surface area contributed by atoms with Crippen LogP contribution in [0.2, 0.25) is 0 Å². The number of nitrogens with one attached hydrogen (secondary N) is 2. The number of benzene rings is 2. The van der Waals surface area contributed by atoms with Gasteiger partial charge in [0.25, 0.3) is 0 Å². The predicted molar refractivity (Wildman–Crippen MR) is 148 cm³/mol. The Bertz CT molecular complexity index is 1490. The molecule has 1 fully saturated rings. The summed E-state index contributed by atoms with van der Waals surface area (Å²) in [5, 5.41) is 24.9. The van der Waals surface area contributed by atoms with Crippen molar-refractivity contribution < 1.29 is 27.5 Å². The van der Waals surface area contributed by atoms with Crippen LogP contribution in [0.5, 0.6) is 5.75 Å². The number of carbonyl (C=O) groups excluding carboxylic acids is 2. The van der Waals surface area contributed by atoms with Gasteiger partial charge >= 0.3 is 6.36 Å². The van der Waals surface area contributed by atoms with Gasteiger partial charge in [-0.3, -0.25) is 9.59 Å². The molecule has 4 aromatic rings. The first-order chi connectivity index (χ1) is 19.7. The molecule has 0 aliphatic heterocycles. The van der Waals surface area contributed by atoms with E-state index in [1.165, 1.54) is 40.9 Å². The fourth-order valence-electron chi connectivity index (χ4n) is 4.68. The van der Waals surface area contributed by atoms with E-state index >= 15 is 0 Å². The van der Waals surface area contributed by atoms with Crippen LogP contribution in [0.25, 0.3) is 0 Å². The molecule has 0 bridgehead atoms. The van der Waals surface area contributed by atoms with E-state index in [-0.39, 0.29) is 36.3 Å². The third kappa shape index (κ3) is 8.30. The predicted octanol–water partition coefficient (Wildman–Crippen LogP) is 6.09. The van der Waals surface area contributed by atoms with Gasteiger partial charge in [-0.25, -0.2) is 0 Å². The normalized spacial score (nSPS) is 17.1. The molecule has 1 aliphatic carbocycles. The van der Waals surface area contributed by atoms with E-state index in [2.05, 4.69) is 35.8 Å². The smallest absolute Gasteiger partial charge is 0.406 e. The number of aromatic nitrogens is 4.